The lowest BCUT2D eigenvalue weighted by atomic mass is 9.99. The van der Waals surface area contributed by atoms with E-state index in [4.69, 9.17) is 18.9 Å². The van der Waals surface area contributed by atoms with Crippen molar-refractivity contribution in [2.24, 2.45) is 0 Å². The minimum atomic E-state index is 0.278. The van der Waals surface area contributed by atoms with Crippen molar-refractivity contribution in [2.45, 2.75) is 25.4 Å². The summed E-state index contributed by atoms with van der Waals surface area (Å²) in [7, 11) is 3.34. The highest BCUT2D eigenvalue weighted by molar-refractivity contribution is 5.86. The highest BCUT2D eigenvalue weighted by Crippen LogP contribution is 2.34. The van der Waals surface area contributed by atoms with Crippen LogP contribution in [0.2, 0.25) is 0 Å². The van der Waals surface area contributed by atoms with Gasteiger partial charge in [0.1, 0.15) is 13.2 Å². The van der Waals surface area contributed by atoms with Crippen LogP contribution in [-0.2, 0) is 9.47 Å². The summed E-state index contributed by atoms with van der Waals surface area (Å²) in [6, 6.07) is 22.1. The van der Waals surface area contributed by atoms with Crippen molar-refractivity contribution in [2.75, 3.05) is 58.6 Å². The van der Waals surface area contributed by atoms with Gasteiger partial charge in [-0.1, -0.05) is 42.5 Å². The first-order chi connectivity index (χ1) is 16.7. The Hall–Kier alpha value is -2.80. The molecule has 182 valence electrons. The molecule has 6 nitrogen and oxygen atoms in total. The molecule has 1 heterocycles. The van der Waals surface area contributed by atoms with Crippen molar-refractivity contribution >= 4 is 16.5 Å². The van der Waals surface area contributed by atoms with E-state index in [1.807, 2.05) is 6.07 Å². The fourth-order valence-corrected chi connectivity index (χ4v) is 4.60. The SMILES string of the molecule is COCCOc1ccc(N2CC[C@H](N[C@H](C)c3cccc4ccccc34)C2)cc1OCCOC. The normalized spacial score (nSPS) is 16.7. The predicted octanol–water partition coefficient (Wildman–Crippen LogP) is 4.82. The molecule has 1 N–H and O–H groups in total. The van der Waals surface area contributed by atoms with Gasteiger partial charge in [0.25, 0.3) is 0 Å². The predicted molar refractivity (Wildman–Crippen MR) is 137 cm³/mol. The molecule has 6 heteroatoms. The molecule has 1 aliphatic rings. The van der Waals surface area contributed by atoms with E-state index in [0.717, 1.165) is 36.7 Å². The molecule has 0 saturated carbocycles. The van der Waals surface area contributed by atoms with Crippen molar-refractivity contribution in [3.8, 4) is 11.5 Å². The molecular weight excluding hydrogens is 428 g/mol. The van der Waals surface area contributed by atoms with E-state index in [0.29, 0.717) is 32.5 Å². The molecule has 0 unspecified atom stereocenters. The summed E-state index contributed by atoms with van der Waals surface area (Å²) in [5, 5.41) is 6.47. The van der Waals surface area contributed by atoms with Crippen molar-refractivity contribution in [1.29, 1.82) is 0 Å². The Morgan fingerprint density at radius 3 is 2.41 bits per heavy atom. The zero-order chi connectivity index (χ0) is 23.8. The molecule has 0 amide bonds. The van der Waals surface area contributed by atoms with Crippen LogP contribution < -0.4 is 19.7 Å². The third-order valence-corrected chi connectivity index (χ3v) is 6.35. The van der Waals surface area contributed by atoms with Crippen LogP contribution in [-0.4, -0.2) is 59.8 Å². The van der Waals surface area contributed by atoms with Crippen LogP contribution in [0.3, 0.4) is 0 Å². The fraction of sp³-hybridized carbons (Fsp3) is 0.429. The lowest BCUT2D eigenvalue weighted by Gasteiger charge is -2.23. The largest absolute Gasteiger partial charge is 0.487 e. The average Bonchev–Trinajstić information content (AvgIpc) is 3.33. The van der Waals surface area contributed by atoms with Gasteiger partial charge in [-0.05, 0) is 41.8 Å². The Labute approximate surface area is 202 Å². The lowest BCUT2D eigenvalue weighted by molar-refractivity contribution is 0.132. The monoisotopic (exact) mass is 464 g/mol. The molecule has 2 atom stereocenters. The summed E-state index contributed by atoms with van der Waals surface area (Å²) in [5.74, 6) is 1.47. The van der Waals surface area contributed by atoms with Crippen molar-refractivity contribution in [3.63, 3.8) is 0 Å². The van der Waals surface area contributed by atoms with Crippen molar-refractivity contribution in [1.82, 2.24) is 5.32 Å². The van der Waals surface area contributed by atoms with Gasteiger partial charge in [-0.3, -0.25) is 0 Å². The third kappa shape index (κ3) is 6.00. The number of ether oxygens (including phenoxy) is 4. The average molecular weight is 465 g/mol. The number of nitrogens with zero attached hydrogens (tertiary/aromatic N) is 1. The number of fused-ring (bicyclic) bond motifs is 1. The van der Waals surface area contributed by atoms with E-state index < -0.39 is 0 Å². The van der Waals surface area contributed by atoms with Crippen LogP contribution in [0, 0.1) is 0 Å². The number of methoxy groups -OCH3 is 2. The molecule has 1 fully saturated rings. The highest BCUT2D eigenvalue weighted by atomic mass is 16.5. The van der Waals surface area contributed by atoms with Gasteiger partial charge in [-0.2, -0.15) is 0 Å². The van der Waals surface area contributed by atoms with Crippen LogP contribution in [0.15, 0.2) is 60.7 Å². The fourth-order valence-electron chi connectivity index (χ4n) is 4.60. The van der Waals surface area contributed by atoms with Gasteiger partial charge in [0.15, 0.2) is 11.5 Å². The Morgan fingerprint density at radius 2 is 1.62 bits per heavy atom. The number of hydrogen-bond donors (Lipinski definition) is 1. The lowest BCUT2D eigenvalue weighted by Crippen LogP contribution is -2.34. The number of anilines is 1. The molecule has 0 radical (unpaired) electrons. The molecule has 0 aliphatic carbocycles. The van der Waals surface area contributed by atoms with Crippen molar-refractivity contribution in [3.05, 3.63) is 66.2 Å². The van der Waals surface area contributed by atoms with Crippen LogP contribution in [0.1, 0.15) is 24.9 Å². The minimum absolute atomic E-state index is 0.278. The van der Waals surface area contributed by atoms with Crippen molar-refractivity contribution < 1.29 is 18.9 Å². The maximum absolute atomic E-state index is 5.97. The molecule has 3 aromatic rings. The van der Waals surface area contributed by atoms with Gasteiger partial charge in [0, 0.05) is 51.1 Å². The van der Waals surface area contributed by atoms with E-state index in [9.17, 15) is 0 Å². The first-order valence-electron chi connectivity index (χ1n) is 12.1. The Morgan fingerprint density at radius 1 is 0.882 bits per heavy atom. The van der Waals surface area contributed by atoms with E-state index in [1.54, 1.807) is 14.2 Å². The third-order valence-electron chi connectivity index (χ3n) is 6.35. The molecule has 4 rings (SSSR count). The summed E-state index contributed by atoms with van der Waals surface area (Å²) in [6.07, 6.45) is 1.10. The summed E-state index contributed by atoms with van der Waals surface area (Å²) in [4.78, 5) is 2.41. The second-order valence-electron chi connectivity index (χ2n) is 8.70. The first-order valence-corrected chi connectivity index (χ1v) is 12.1. The smallest absolute Gasteiger partial charge is 0.163 e. The number of hydrogen-bond acceptors (Lipinski definition) is 6. The standard InChI is InChI=1S/C28H36N2O4/c1-21(25-10-6-8-22-7-4-5-9-26(22)25)29-23-13-14-30(20-23)24-11-12-27(33-17-15-31-2)28(19-24)34-18-16-32-3/h4-12,19,21,23,29H,13-18,20H2,1-3H3/t21-,23+/m1/s1. The van der Waals surface area contributed by atoms with Crippen LogP contribution in [0.25, 0.3) is 10.8 Å². The molecule has 0 spiro atoms. The van der Waals surface area contributed by atoms with Gasteiger partial charge in [-0.15, -0.1) is 0 Å². The molecule has 0 bridgehead atoms. The van der Waals surface area contributed by atoms with Gasteiger partial charge in [0.05, 0.1) is 13.2 Å². The first kappa shape index (κ1) is 24.3. The molecule has 0 aromatic heterocycles. The summed E-state index contributed by atoms with van der Waals surface area (Å²) >= 11 is 0. The maximum Gasteiger partial charge on any atom is 0.163 e. The minimum Gasteiger partial charge on any atom is -0.487 e. The van der Waals surface area contributed by atoms with Crippen LogP contribution >= 0.6 is 0 Å². The number of benzene rings is 3. The van der Waals surface area contributed by atoms with E-state index in [1.165, 1.54) is 16.3 Å². The second kappa shape index (κ2) is 12.1. The Balaban J connectivity index is 1.42. The Kier molecular flexibility index (Phi) is 8.63. The molecule has 34 heavy (non-hydrogen) atoms. The Bertz CT molecular complexity index is 1050. The van der Waals surface area contributed by atoms with Gasteiger partial charge < -0.3 is 29.2 Å². The van der Waals surface area contributed by atoms with Gasteiger partial charge in [0.2, 0.25) is 0 Å². The van der Waals surface area contributed by atoms with Gasteiger partial charge >= 0.3 is 0 Å². The van der Waals surface area contributed by atoms with E-state index in [2.05, 4.69) is 71.7 Å². The summed E-state index contributed by atoms with van der Waals surface area (Å²) in [5.41, 5.74) is 2.50. The molecule has 1 saturated heterocycles. The number of nitrogens with one attached hydrogen (secondary N) is 1. The summed E-state index contributed by atoms with van der Waals surface area (Å²) < 4.78 is 22.1. The molecular formula is C28H36N2O4. The zero-order valence-electron chi connectivity index (χ0n) is 20.5. The van der Waals surface area contributed by atoms with Crippen LogP contribution in [0.4, 0.5) is 5.69 Å². The second-order valence-corrected chi connectivity index (χ2v) is 8.70. The maximum atomic E-state index is 5.97. The summed E-state index contributed by atoms with van der Waals surface area (Å²) in [6.45, 7) is 6.25. The van der Waals surface area contributed by atoms with Crippen LogP contribution in [0.5, 0.6) is 11.5 Å². The zero-order valence-corrected chi connectivity index (χ0v) is 20.5. The molecule has 1 aliphatic heterocycles. The van der Waals surface area contributed by atoms with E-state index >= 15 is 0 Å². The quantitative estimate of drug-likeness (QED) is 0.388. The molecule has 3 aromatic carbocycles. The number of rotatable bonds is 12. The topological polar surface area (TPSA) is 52.2 Å². The van der Waals surface area contributed by atoms with Gasteiger partial charge in [-0.25, -0.2) is 0 Å². The van der Waals surface area contributed by atoms with E-state index in [-0.39, 0.29) is 6.04 Å². The highest BCUT2D eigenvalue weighted by Gasteiger charge is 2.25.